The molecule has 0 aromatic heterocycles. The van der Waals surface area contributed by atoms with Crippen LogP contribution in [0.5, 0.6) is 0 Å². The molecule has 0 fully saturated rings. The van der Waals surface area contributed by atoms with Gasteiger partial charge in [-0.3, -0.25) is 0 Å². The second-order valence-electron chi connectivity index (χ2n) is 2.09. The second-order valence-corrected chi connectivity index (χ2v) is 2.09. The van der Waals surface area contributed by atoms with E-state index in [1.807, 2.05) is 13.8 Å². The summed E-state index contributed by atoms with van der Waals surface area (Å²) in [7, 11) is 0. The zero-order valence-corrected chi connectivity index (χ0v) is 5.20. The lowest BCUT2D eigenvalue weighted by Gasteiger charge is -2.06. The van der Waals surface area contributed by atoms with Gasteiger partial charge in [-0.1, -0.05) is 13.8 Å². The summed E-state index contributed by atoms with van der Waals surface area (Å²) in [5.41, 5.74) is 5.42. The van der Waals surface area contributed by atoms with Crippen molar-refractivity contribution in [3.05, 3.63) is 0 Å². The Bertz CT molecular complexity index is 80.5. The Kier molecular flexibility index (Phi) is 3.19. The average Bonchev–Trinajstić information content (AvgIpc) is 1.67. The van der Waals surface area contributed by atoms with E-state index in [1.54, 1.807) is 0 Å². The molecule has 0 heterocycles. The summed E-state index contributed by atoms with van der Waals surface area (Å²) in [6.45, 7) is 3.93. The molecule has 0 aromatic carbocycles. The Morgan fingerprint density at radius 1 is 1.62 bits per heavy atom. The molecule has 0 aliphatic heterocycles. The van der Waals surface area contributed by atoms with Gasteiger partial charge in [0.05, 0.1) is 6.21 Å². The van der Waals surface area contributed by atoms with Gasteiger partial charge < -0.3 is 10.9 Å². The molecule has 0 aliphatic rings. The maximum absolute atomic E-state index is 7.98. The molecular formula is C5H12N2O. The smallest absolute Gasteiger partial charge is 0.0605 e. The van der Waals surface area contributed by atoms with Gasteiger partial charge in [0.1, 0.15) is 0 Å². The van der Waals surface area contributed by atoms with Crippen molar-refractivity contribution < 1.29 is 5.21 Å². The fourth-order valence-corrected chi connectivity index (χ4v) is 0.249. The van der Waals surface area contributed by atoms with Crippen LogP contribution < -0.4 is 5.73 Å². The maximum atomic E-state index is 7.98. The zero-order valence-electron chi connectivity index (χ0n) is 5.20. The molecule has 0 rings (SSSR count). The summed E-state index contributed by atoms with van der Waals surface area (Å²) in [4.78, 5) is 0. The third-order valence-electron chi connectivity index (χ3n) is 1.01. The fraction of sp³-hybridized carbons (Fsp3) is 0.800. The molecule has 1 atom stereocenters. The first-order chi connectivity index (χ1) is 3.68. The number of oxime groups is 1. The normalized spacial score (nSPS) is 15.5. The molecule has 3 heteroatoms. The van der Waals surface area contributed by atoms with Gasteiger partial charge in [0.25, 0.3) is 0 Å². The molecule has 0 bridgehead atoms. The number of hydrogen-bond donors (Lipinski definition) is 2. The quantitative estimate of drug-likeness (QED) is 0.312. The van der Waals surface area contributed by atoms with Gasteiger partial charge in [-0.05, 0) is 5.92 Å². The molecule has 0 unspecified atom stereocenters. The Morgan fingerprint density at radius 2 is 2.12 bits per heavy atom. The first-order valence-electron chi connectivity index (χ1n) is 2.61. The molecule has 0 radical (unpaired) electrons. The molecular weight excluding hydrogens is 104 g/mol. The van der Waals surface area contributed by atoms with Crippen LogP contribution in [-0.2, 0) is 0 Å². The maximum Gasteiger partial charge on any atom is 0.0605 e. The highest BCUT2D eigenvalue weighted by molar-refractivity contribution is 5.63. The van der Waals surface area contributed by atoms with E-state index in [4.69, 9.17) is 10.9 Å². The van der Waals surface area contributed by atoms with Crippen LogP contribution >= 0.6 is 0 Å². The lowest BCUT2D eigenvalue weighted by molar-refractivity contribution is 0.318. The van der Waals surface area contributed by atoms with Gasteiger partial charge in [-0.15, -0.1) is 5.16 Å². The Hall–Kier alpha value is -0.570. The van der Waals surface area contributed by atoms with Crippen molar-refractivity contribution >= 4 is 6.21 Å². The third kappa shape index (κ3) is 2.58. The second kappa shape index (κ2) is 3.43. The number of nitrogens with two attached hydrogens (primary N) is 1. The zero-order chi connectivity index (χ0) is 6.57. The van der Waals surface area contributed by atoms with Crippen molar-refractivity contribution in [3.8, 4) is 0 Å². The third-order valence-corrected chi connectivity index (χ3v) is 1.01. The molecule has 0 aromatic rings. The monoisotopic (exact) mass is 116 g/mol. The van der Waals surface area contributed by atoms with Gasteiger partial charge in [0.2, 0.25) is 0 Å². The molecule has 0 saturated carbocycles. The lowest BCUT2D eigenvalue weighted by atomic mass is 10.1. The van der Waals surface area contributed by atoms with Crippen molar-refractivity contribution in [2.24, 2.45) is 16.8 Å². The van der Waals surface area contributed by atoms with Crippen LogP contribution in [0.25, 0.3) is 0 Å². The summed E-state index contributed by atoms with van der Waals surface area (Å²) in [5.74, 6) is 0.339. The minimum absolute atomic E-state index is 0.125. The van der Waals surface area contributed by atoms with E-state index in [1.165, 1.54) is 6.21 Å². The van der Waals surface area contributed by atoms with E-state index in [0.29, 0.717) is 5.92 Å². The minimum Gasteiger partial charge on any atom is -0.411 e. The summed E-state index contributed by atoms with van der Waals surface area (Å²) in [5, 5.41) is 10.8. The van der Waals surface area contributed by atoms with Crippen LogP contribution in [0.1, 0.15) is 13.8 Å². The largest absolute Gasteiger partial charge is 0.411 e. The SMILES string of the molecule is CC(C)[C@H](N)C=NO. The number of nitrogens with zero attached hydrogens (tertiary/aromatic N) is 1. The highest BCUT2D eigenvalue weighted by atomic mass is 16.4. The average molecular weight is 116 g/mol. The molecule has 3 N–H and O–H groups in total. The summed E-state index contributed by atoms with van der Waals surface area (Å²) in [6, 6.07) is -0.125. The Morgan fingerprint density at radius 3 is 2.25 bits per heavy atom. The highest BCUT2D eigenvalue weighted by Crippen LogP contribution is 1.93. The lowest BCUT2D eigenvalue weighted by Crippen LogP contribution is -2.27. The number of hydrogen-bond acceptors (Lipinski definition) is 3. The van der Waals surface area contributed by atoms with Crippen molar-refractivity contribution in [1.29, 1.82) is 0 Å². The molecule has 3 nitrogen and oxygen atoms in total. The van der Waals surface area contributed by atoms with E-state index >= 15 is 0 Å². The molecule has 0 saturated heterocycles. The Labute approximate surface area is 49.2 Å². The predicted molar refractivity (Wildman–Crippen MR) is 33.1 cm³/mol. The van der Waals surface area contributed by atoms with E-state index in [0.717, 1.165) is 0 Å². The van der Waals surface area contributed by atoms with Crippen molar-refractivity contribution in [3.63, 3.8) is 0 Å². The summed E-state index contributed by atoms with van der Waals surface area (Å²) >= 11 is 0. The van der Waals surface area contributed by atoms with E-state index in [2.05, 4.69) is 5.16 Å². The van der Waals surface area contributed by atoms with Crippen LogP contribution in [-0.4, -0.2) is 17.5 Å². The fourth-order valence-electron chi connectivity index (χ4n) is 0.249. The number of rotatable bonds is 2. The summed E-state index contributed by atoms with van der Waals surface area (Å²) < 4.78 is 0. The highest BCUT2D eigenvalue weighted by Gasteiger charge is 2.01. The molecule has 0 spiro atoms. The van der Waals surface area contributed by atoms with Crippen molar-refractivity contribution in [2.75, 3.05) is 0 Å². The van der Waals surface area contributed by atoms with Gasteiger partial charge >= 0.3 is 0 Å². The molecule has 0 amide bonds. The Balaban J connectivity index is 3.47. The van der Waals surface area contributed by atoms with Gasteiger partial charge in [0.15, 0.2) is 0 Å². The van der Waals surface area contributed by atoms with Crippen LogP contribution in [0.4, 0.5) is 0 Å². The van der Waals surface area contributed by atoms with Gasteiger partial charge in [-0.25, -0.2) is 0 Å². The standard InChI is InChI=1S/C5H12N2O/c1-4(2)5(6)3-7-8/h3-5,8H,6H2,1-2H3/t5-/m1/s1. The molecule has 8 heavy (non-hydrogen) atoms. The first-order valence-corrected chi connectivity index (χ1v) is 2.61. The van der Waals surface area contributed by atoms with Crippen LogP contribution in [0.3, 0.4) is 0 Å². The van der Waals surface area contributed by atoms with Crippen LogP contribution in [0, 0.1) is 5.92 Å². The summed E-state index contributed by atoms with van der Waals surface area (Å²) in [6.07, 6.45) is 1.32. The predicted octanol–water partition coefficient (Wildman–Crippen LogP) is 0.430. The van der Waals surface area contributed by atoms with Crippen LogP contribution in [0.15, 0.2) is 5.16 Å². The van der Waals surface area contributed by atoms with E-state index < -0.39 is 0 Å². The van der Waals surface area contributed by atoms with Crippen molar-refractivity contribution in [2.45, 2.75) is 19.9 Å². The topological polar surface area (TPSA) is 58.6 Å². The van der Waals surface area contributed by atoms with Gasteiger partial charge in [-0.2, -0.15) is 0 Å². The molecule has 48 valence electrons. The van der Waals surface area contributed by atoms with Crippen LogP contribution in [0.2, 0.25) is 0 Å². The van der Waals surface area contributed by atoms with E-state index in [-0.39, 0.29) is 6.04 Å². The van der Waals surface area contributed by atoms with Gasteiger partial charge in [0, 0.05) is 6.04 Å². The molecule has 0 aliphatic carbocycles. The van der Waals surface area contributed by atoms with Crippen molar-refractivity contribution in [1.82, 2.24) is 0 Å². The first kappa shape index (κ1) is 7.43. The minimum atomic E-state index is -0.125. The van der Waals surface area contributed by atoms with E-state index in [9.17, 15) is 0 Å².